The van der Waals surface area contributed by atoms with E-state index in [2.05, 4.69) is 4.98 Å². The molecule has 1 fully saturated rings. The Kier molecular flexibility index (Phi) is 3.91. The fourth-order valence-corrected chi connectivity index (χ4v) is 3.64. The van der Waals surface area contributed by atoms with Gasteiger partial charge in [0, 0.05) is 19.3 Å². The maximum Gasteiger partial charge on any atom is 0.244 e. The summed E-state index contributed by atoms with van der Waals surface area (Å²) in [6.07, 6.45) is 1.07. The maximum atomic E-state index is 12.4. The topological polar surface area (TPSA) is 59.5 Å². The van der Waals surface area contributed by atoms with Gasteiger partial charge in [0.1, 0.15) is 10.0 Å². The van der Waals surface area contributed by atoms with Gasteiger partial charge >= 0.3 is 0 Å². The normalized spacial score (nSPS) is 26.2. The lowest BCUT2D eigenvalue weighted by atomic mass is 10.3. The number of sulfonamides is 1. The van der Waals surface area contributed by atoms with Crippen LogP contribution in [0.4, 0.5) is 0 Å². The van der Waals surface area contributed by atoms with Gasteiger partial charge in [-0.05, 0) is 26.0 Å². The van der Waals surface area contributed by atoms with E-state index in [9.17, 15) is 8.42 Å². The summed E-state index contributed by atoms with van der Waals surface area (Å²) < 4.78 is 31.7. The van der Waals surface area contributed by atoms with Gasteiger partial charge in [-0.2, -0.15) is 4.31 Å². The van der Waals surface area contributed by atoms with Gasteiger partial charge in [0.25, 0.3) is 0 Å². The molecule has 18 heavy (non-hydrogen) atoms. The molecule has 2 heterocycles. The number of hydrogen-bond donors (Lipinski definition) is 0. The van der Waals surface area contributed by atoms with Crippen LogP contribution in [0, 0.1) is 0 Å². The summed E-state index contributed by atoms with van der Waals surface area (Å²) >= 11 is 5.65. The Bertz CT molecular complexity index is 508. The molecule has 0 saturated carbocycles. The van der Waals surface area contributed by atoms with Crippen molar-refractivity contribution >= 4 is 21.6 Å². The van der Waals surface area contributed by atoms with Gasteiger partial charge in [-0.3, -0.25) is 0 Å². The Balaban J connectivity index is 2.28. The number of nitrogens with zero attached hydrogens (tertiary/aromatic N) is 2. The van der Waals surface area contributed by atoms with Crippen molar-refractivity contribution in [3.8, 4) is 0 Å². The van der Waals surface area contributed by atoms with Crippen molar-refractivity contribution in [2.75, 3.05) is 13.1 Å². The minimum Gasteiger partial charge on any atom is -0.373 e. The molecule has 0 amide bonds. The van der Waals surface area contributed by atoms with E-state index < -0.39 is 10.0 Å². The number of pyridine rings is 1. The molecular formula is C11H15ClN2O3S. The number of hydrogen-bond acceptors (Lipinski definition) is 4. The van der Waals surface area contributed by atoms with Crippen LogP contribution in [0.1, 0.15) is 13.8 Å². The Labute approximate surface area is 112 Å². The highest BCUT2D eigenvalue weighted by Gasteiger charge is 2.32. The average molecular weight is 291 g/mol. The zero-order chi connectivity index (χ0) is 13.3. The standard InChI is InChI=1S/C11H15ClN2O3S/c1-8-6-14(7-9(2)17-8)18(15,16)10-3-4-11(12)13-5-10/h3-5,8-9H,6-7H2,1-2H3. The third-order valence-electron chi connectivity index (χ3n) is 2.72. The van der Waals surface area contributed by atoms with E-state index in [1.54, 1.807) is 0 Å². The maximum absolute atomic E-state index is 12.4. The molecular weight excluding hydrogens is 276 g/mol. The van der Waals surface area contributed by atoms with Crippen LogP contribution in [0.3, 0.4) is 0 Å². The predicted molar refractivity (Wildman–Crippen MR) is 68.0 cm³/mol. The molecule has 5 nitrogen and oxygen atoms in total. The van der Waals surface area contributed by atoms with Gasteiger partial charge in [0.05, 0.1) is 12.2 Å². The Morgan fingerprint density at radius 1 is 1.33 bits per heavy atom. The summed E-state index contributed by atoms with van der Waals surface area (Å²) in [6, 6.07) is 2.94. The number of morpholine rings is 1. The summed E-state index contributed by atoms with van der Waals surface area (Å²) in [6.45, 7) is 4.43. The van der Waals surface area contributed by atoms with Crippen LogP contribution in [0.2, 0.25) is 5.15 Å². The van der Waals surface area contributed by atoms with E-state index in [0.29, 0.717) is 13.1 Å². The highest BCUT2D eigenvalue weighted by Crippen LogP contribution is 2.21. The zero-order valence-corrected chi connectivity index (χ0v) is 11.8. The van der Waals surface area contributed by atoms with Crippen LogP contribution >= 0.6 is 11.6 Å². The molecule has 2 rings (SSSR count). The summed E-state index contributed by atoms with van der Waals surface area (Å²) in [5.74, 6) is 0. The predicted octanol–water partition coefficient (Wildman–Crippen LogP) is 1.53. The molecule has 1 saturated heterocycles. The van der Waals surface area contributed by atoms with Crippen molar-refractivity contribution in [3.63, 3.8) is 0 Å². The van der Waals surface area contributed by atoms with Gasteiger partial charge < -0.3 is 4.74 Å². The summed E-state index contributed by atoms with van der Waals surface area (Å²) in [5, 5.41) is 0.276. The Hall–Kier alpha value is -0.690. The van der Waals surface area contributed by atoms with Crippen LogP contribution in [0.5, 0.6) is 0 Å². The largest absolute Gasteiger partial charge is 0.373 e. The second kappa shape index (κ2) is 5.13. The second-order valence-corrected chi connectivity index (χ2v) is 6.72. The highest BCUT2D eigenvalue weighted by molar-refractivity contribution is 7.89. The molecule has 2 unspecified atom stereocenters. The first-order valence-corrected chi connectivity index (χ1v) is 7.48. The van der Waals surface area contributed by atoms with Crippen LogP contribution in [-0.2, 0) is 14.8 Å². The van der Waals surface area contributed by atoms with Gasteiger partial charge in [0.2, 0.25) is 10.0 Å². The summed E-state index contributed by atoms with van der Waals surface area (Å²) in [5.41, 5.74) is 0. The lowest BCUT2D eigenvalue weighted by Crippen LogP contribution is -2.48. The smallest absolute Gasteiger partial charge is 0.244 e. The molecule has 1 aliphatic heterocycles. The van der Waals surface area contributed by atoms with Crippen molar-refractivity contribution in [2.24, 2.45) is 0 Å². The van der Waals surface area contributed by atoms with E-state index in [0.717, 1.165) is 0 Å². The Morgan fingerprint density at radius 2 is 1.94 bits per heavy atom. The molecule has 2 atom stereocenters. The van der Waals surface area contributed by atoms with Gasteiger partial charge in [-0.1, -0.05) is 11.6 Å². The van der Waals surface area contributed by atoms with E-state index in [-0.39, 0.29) is 22.3 Å². The summed E-state index contributed by atoms with van der Waals surface area (Å²) in [7, 11) is -3.51. The van der Waals surface area contributed by atoms with E-state index in [4.69, 9.17) is 16.3 Å². The fourth-order valence-electron chi connectivity index (χ4n) is 1.99. The highest BCUT2D eigenvalue weighted by atomic mass is 35.5. The van der Waals surface area contributed by atoms with Crippen molar-refractivity contribution in [1.82, 2.24) is 9.29 Å². The molecule has 1 aliphatic rings. The van der Waals surface area contributed by atoms with Crippen molar-refractivity contribution < 1.29 is 13.2 Å². The molecule has 0 radical (unpaired) electrons. The zero-order valence-electron chi connectivity index (χ0n) is 10.2. The lowest BCUT2D eigenvalue weighted by molar-refractivity contribution is -0.0440. The number of aromatic nitrogens is 1. The van der Waals surface area contributed by atoms with E-state index in [1.807, 2.05) is 13.8 Å². The van der Waals surface area contributed by atoms with Crippen LogP contribution in [0.15, 0.2) is 23.2 Å². The van der Waals surface area contributed by atoms with Crippen molar-refractivity contribution in [3.05, 3.63) is 23.5 Å². The van der Waals surface area contributed by atoms with Crippen molar-refractivity contribution in [1.29, 1.82) is 0 Å². The molecule has 0 spiro atoms. The van der Waals surface area contributed by atoms with E-state index in [1.165, 1.54) is 22.6 Å². The SMILES string of the molecule is CC1CN(S(=O)(=O)c2ccc(Cl)nc2)CC(C)O1. The van der Waals surface area contributed by atoms with Gasteiger partial charge in [-0.25, -0.2) is 13.4 Å². The first-order valence-electron chi connectivity index (χ1n) is 5.67. The molecule has 0 N–H and O–H groups in total. The number of rotatable bonds is 2. The Morgan fingerprint density at radius 3 is 2.44 bits per heavy atom. The number of ether oxygens (including phenoxy) is 1. The average Bonchev–Trinajstić information content (AvgIpc) is 2.28. The first-order chi connectivity index (χ1) is 8.39. The monoisotopic (exact) mass is 290 g/mol. The van der Waals surface area contributed by atoms with Crippen LogP contribution in [0.25, 0.3) is 0 Å². The molecule has 100 valence electrons. The van der Waals surface area contributed by atoms with E-state index >= 15 is 0 Å². The first kappa shape index (κ1) is 13.7. The van der Waals surface area contributed by atoms with Gasteiger partial charge in [0.15, 0.2) is 0 Å². The molecule has 0 aliphatic carbocycles. The third-order valence-corrected chi connectivity index (χ3v) is 4.76. The third kappa shape index (κ3) is 2.83. The molecule has 1 aromatic rings. The molecule has 0 aromatic carbocycles. The lowest BCUT2D eigenvalue weighted by Gasteiger charge is -2.34. The summed E-state index contributed by atoms with van der Waals surface area (Å²) in [4.78, 5) is 3.97. The second-order valence-electron chi connectivity index (χ2n) is 4.40. The minimum atomic E-state index is -3.51. The van der Waals surface area contributed by atoms with Crippen LogP contribution < -0.4 is 0 Å². The fraction of sp³-hybridized carbons (Fsp3) is 0.545. The van der Waals surface area contributed by atoms with Crippen LogP contribution in [-0.4, -0.2) is 43.0 Å². The molecule has 0 bridgehead atoms. The molecule has 7 heteroatoms. The quantitative estimate of drug-likeness (QED) is 0.775. The minimum absolute atomic E-state index is 0.108. The number of halogens is 1. The van der Waals surface area contributed by atoms with Crippen molar-refractivity contribution in [2.45, 2.75) is 31.0 Å². The molecule has 1 aromatic heterocycles. The van der Waals surface area contributed by atoms with Gasteiger partial charge in [-0.15, -0.1) is 0 Å².